The summed E-state index contributed by atoms with van der Waals surface area (Å²) in [6.07, 6.45) is 0.955. The fourth-order valence-electron chi connectivity index (χ4n) is 2.74. The van der Waals surface area contributed by atoms with E-state index in [9.17, 15) is 9.59 Å². The van der Waals surface area contributed by atoms with Crippen LogP contribution in [0.5, 0.6) is 0 Å². The maximum Gasteiger partial charge on any atom is 0.255 e. The zero-order valence-electron chi connectivity index (χ0n) is 14.1. The van der Waals surface area contributed by atoms with Crippen molar-refractivity contribution in [1.82, 2.24) is 0 Å². The first-order valence-corrected chi connectivity index (χ1v) is 8.76. The van der Waals surface area contributed by atoms with Crippen LogP contribution in [-0.4, -0.2) is 30.6 Å². The molecule has 2 aromatic carbocycles. The molecule has 4 N–H and O–H groups in total. The van der Waals surface area contributed by atoms with Crippen LogP contribution in [0.4, 0.5) is 11.4 Å². The fourth-order valence-corrected chi connectivity index (χ4v) is 2.86. The molecular formula is C19H20ClN3O3. The number of hydrogen-bond donors (Lipinski definition) is 3. The molecular weight excluding hydrogens is 354 g/mol. The number of carbonyl (C=O) groups excluding carboxylic acids is 2. The average Bonchev–Trinajstić information content (AvgIpc) is 3.13. The number of anilines is 2. The van der Waals surface area contributed by atoms with Gasteiger partial charge in [-0.25, -0.2) is 0 Å². The van der Waals surface area contributed by atoms with Gasteiger partial charge in [-0.05, 0) is 61.4 Å². The lowest BCUT2D eigenvalue weighted by molar-refractivity contribution is -0.126. The van der Waals surface area contributed by atoms with Gasteiger partial charge in [0.15, 0.2) is 0 Å². The van der Waals surface area contributed by atoms with Crippen LogP contribution in [0.25, 0.3) is 0 Å². The van der Waals surface area contributed by atoms with E-state index in [4.69, 9.17) is 22.1 Å². The summed E-state index contributed by atoms with van der Waals surface area (Å²) >= 11 is 5.82. The van der Waals surface area contributed by atoms with Gasteiger partial charge in [-0.2, -0.15) is 0 Å². The van der Waals surface area contributed by atoms with Gasteiger partial charge < -0.3 is 21.1 Å². The molecule has 1 fully saturated rings. The Morgan fingerprint density at radius 2 is 1.62 bits per heavy atom. The van der Waals surface area contributed by atoms with Crippen molar-refractivity contribution in [1.29, 1.82) is 0 Å². The number of ether oxygens (including phenoxy) is 1. The highest BCUT2D eigenvalue weighted by molar-refractivity contribution is 6.30. The molecule has 1 saturated heterocycles. The van der Waals surface area contributed by atoms with Crippen molar-refractivity contribution in [3.8, 4) is 0 Å². The van der Waals surface area contributed by atoms with Crippen LogP contribution >= 0.6 is 11.6 Å². The molecule has 6 nitrogen and oxygen atoms in total. The van der Waals surface area contributed by atoms with Crippen molar-refractivity contribution in [2.24, 2.45) is 5.73 Å². The molecule has 3 rings (SSSR count). The molecule has 1 aliphatic heterocycles. The lowest BCUT2D eigenvalue weighted by Crippen LogP contribution is -2.29. The van der Waals surface area contributed by atoms with Crippen molar-refractivity contribution in [2.45, 2.75) is 25.0 Å². The Labute approximate surface area is 156 Å². The van der Waals surface area contributed by atoms with Gasteiger partial charge in [-0.1, -0.05) is 11.6 Å². The quantitative estimate of drug-likeness (QED) is 0.750. The fraction of sp³-hybridized carbons (Fsp3) is 0.263. The first-order valence-electron chi connectivity index (χ1n) is 8.38. The van der Waals surface area contributed by atoms with Crippen LogP contribution in [0.1, 0.15) is 23.2 Å². The predicted molar refractivity (Wildman–Crippen MR) is 101 cm³/mol. The number of rotatable bonds is 5. The third-order valence-electron chi connectivity index (χ3n) is 4.18. The highest BCUT2D eigenvalue weighted by Crippen LogP contribution is 2.21. The molecule has 0 saturated carbocycles. The third kappa shape index (κ3) is 4.60. The lowest BCUT2D eigenvalue weighted by atomic mass is 10.2. The van der Waals surface area contributed by atoms with E-state index < -0.39 is 6.10 Å². The second-order valence-electron chi connectivity index (χ2n) is 6.09. The molecule has 136 valence electrons. The minimum absolute atomic E-state index is 0.0452. The first kappa shape index (κ1) is 18.4. The van der Waals surface area contributed by atoms with Gasteiger partial charge in [0.2, 0.25) is 0 Å². The smallest absolute Gasteiger partial charge is 0.255 e. The number of halogens is 1. The summed E-state index contributed by atoms with van der Waals surface area (Å²) < 4.78 is 5.57. The second-order valence-corrected chi connectivity index (χ2v) is 6.52. The van der Waals surface area contributed by atoms with Gasteiger partial charge in [0, 0.05) is 28.5 Å². The maximum atomic E-state index is 12.2. The second kappa shape index (κ2) is 8.31. The number of hydrogen-bond acceptors (Lipinski definition) is 4. The molecule has 2 atom stereocenters. The SMILES string of the molecule is NC[C@H]1CC[C@@H](C(=O)Nc2ccc(NC(=O)c3ccc(Cl)cc3)cc2)O1. The number of amides is 2. The van der Waals surface area contributed by atoms with E-state index in [1.807, 2.05) is 0 Å². The van der Waals surface area contributed by atoms with Gasteiger partial charge in [0.05, 0.1) is 6.10 Å². The van der Waals surface area contributed by atoms with E-state index in [0.29, 0.717) is 34.9 Å². The largest absolute Gasteiger partial charge is 0.364 e. The summed E-state index contributed by atoms with van der Waals surface area (Å²) in [4.78, 5) is 24.4. The number of benzene rings is 2. The number of nitrogens with two attached hydrogens (primary N) is 1. The van der Waals surface area contributed by atoms with Gasteiger partial charge in [-0.3, -0.25) is 9.59 Å². The lowest BCUT2D eigenvalue weighted by Gasteiger charge is -2.13. The summed E-state index contributed by atoms with van der Waals surface area (Å²) in [5, 5.41) is 6.18. The van der Waals surface area contributed by atoms with Crippen molar-refractivity contribution < 1.29 is 14.3 Å². The van der Waals surface area contributed by atoms with Crippen molar-refractivity contribution >= 4 is 34.8 Å². The Morgan fingerprint density at radius 1 is 1.00 bits per heavy atom. The number of carbonyl (C=O) groups is 2. The van der Waals surface area contributed by atoms with Crippen LogP contribution in [0.2, 0.25) is 5.02 Å². The molecule has 0 aromatic heterocycles. The molecule has 1 heterocycles. The van der Waals surface area contributed by atoms with Crippen LogP contribution in [0, 0.1) is 0 Å². The monoisotopic (exact) mass is 373 g/mol. The summed E-state index contributed by atoms with van der Waals surface area (Å²) in [7, 11) is 0. The van der Waals surface area contributed by atoms with E-state index in [2.05, 4.69) is 10.6 Å². The van der Waals surface area contributed by atoms with Crippen molar-refractivity contribution in [2.75, 3.05) is 17.2 Å². The standard InChI is InChI=1S/C19H20ClN3O3/c20-13-3-1-12(2-4-13)18(24)22-14-5-7-15(8-6-14)23-19(25)17-10-9-16(11-21)26-17/h1-8,16-17H,9-11,21H2,(H,22,24)(H,23,25)/t16-,17+/m1/s1. The molecule has 0 unspecified atom stereocenters. The van der Waals surface area contributed by atoms with Crippen molar-refractivity contribution in [3.63, 3.8) is 0 Å². The van der Waals surface area contributed by atoms with Gasteiger partial charge >= 0.3 is 0 Å². The molecule has 0 aliphatic carbocycles. The van der Waals surface area contributed by atoms with Gasteiger partial charge in [-0.15, -0.1) is 0 Å². The van der Waals surface area contributed by atoms with Gasteiger partial charge in [0.1, 0.15) is 6.10 Å². The molecule has 2 amide bonds. The van der Waals surface area contributed by atoms with Gasteiger partial charge in [0.25, 0.3) is 11.8 Å². The Hall–Kier alpha value is -2.41. The Kier molecular flexibility index (Phi) is 5.88. The topological polar surface area (TPSA) is 93.5 Å². The van der Waals surface area contributed by atoms with E-state index in [1.165, 1.54) is 0 Å². The summed E-state index contributed by atoms with van der Waals surface area (Å²) in [6.45, 7) is 0.422. The third-order valence-corrected chi connectivity index (χ3v) is 4.43. The first-order chi connectivity index (χ1) is 12.5. The van der Waals surface area contributed by atoms with Crippen LogP contribution in [0.3, 0.4) is 0 Å². The predicted octanol–water partition coefficient (Wildman–Crippen LogP) is 3.04. The molecule has 0 spiro atoms. The maximum absolute atomic E-state index is 12.2. The normalized spacial score (nSPS) is 19.2. The van der Waals surface area contributed by atoms with E-state index in [-0.39, 0.29) is 17.9 Å². The van der Waals surface area contributed by atoms with E-state index >= 15 is 0 Å². The zero-order chi connectivity index (χ0) is 18.5. The summed E-state index contributed by atoms with van der Waals surface area (Å²) in [5.41, 5.74) is 7.34. The molecule has 7 heteroatoms. The minimum atomic E-state index is -0.465. The van der Waals surface area contributed by atoms with Crippen LogP contribution in [-0.2, 0) is 9.53 Å². The zero-order valence-corrected chi connectivity index (χ0v) is 14.8. The Bertz CT molecular complexity index is 778. The highest BCUT2D eigenvalue weighted by atomic mass is 35.5. The minimum Gasteiger partial charge on any atom is -0.364 e. The molecule has 0 bridgehead atoms. The van der Waals surface area contributed by atoms with Crippen LogP contribution < -0.4 is 16.4 Å². The van der Waals surface area contributed by atoms with Crippen molar-refractivity contribution in [3.05, 3.63) is 59.1 Å². The summed E-state index contributed by atoms with van der Waals surface area (Å²) in [5.74, 6) is -0.412. The molecule has 0 radical (unpaired) electrons. The number of nitrogens with one attached hydrogen (secondary N) is 2. The average molecular weight is 374 g/mol. The Morgan fingerprint density at radius 3 is 2.19 bits per heavy atom. The van der Waals surface area contributed by atoms with E-state index in [0.717, 1.165) is 6.42 Å². The summed E-state index contributed by atoms with van der Waals surface area (Å²) in [6, 6.07) is 13.5. The highest BCUT2D eigenvalue weighted by Gasteiger charge is 2.29. The molecule has 2 aromatic rings. The molecule has 26 heavy (non-hydrogen) atoms. The van der Waals surface area contributed by atoms with Crippen LogP contribution in [0.15, 0.2) is 48.5 Å². The molecule has 1 aliphatic rings. The van der Waals surface area contributed by atoms with E-state index in [1.54, 1.807) is 48.5 Å². The Balaban J connectivity index is 1.55.